The Hall–Kier alpha value is -3.19. The molecule has 3 rings (SSSR count). The van der Waals surface area contributed by atoms with Crippen molar-refractivity contribution in [2.45, 2.75) is 58.3 Å². The molecule has 2 N–H and O–H groups in total. The van der Waals surface area contributed by atoms with E-state index in [0.717, 1.165) is 35.1 Å². The van der Waals surface area contributed by atoms with Gasteiger partial charge in [0.1, 0.15) is 17.7 Å². The maximum Gasteiger partial charge on any atom is 0.337 e. The molecule has 0 spiro atoms. The first-order chi connectivity index (χ1) is 18.0. The molecular weight excluding hydrogens is 502 g/mol. The molecule has 6 nitrogen and oxygen atoms in total. The maximum absolute atomic E-state index is 12.9. The number of aliphatic hydroxyl groups is 1. The summed E-state index contributed by atoms with van der Waals surface area (Å²) >= 11 is 6.09. The highest BCUT2D eigenvalue weighted by molar-refractivity contribution is 6.30. The summed E-state index contributed by atoms with van der Waals surface area (Å²) in [5.74, 6) is -0.861. The van der Waals surface area contributed by atoms with Crippen LogP contribution in [0.2, 0.25) is 5.02 Å². The summed E-state index contributed by atoms with van der Waals surface area (Å²) in [6.45, 7) is 7.88. The normalized spacial score (nSPS) is 13.0. The van der Waals surface area contributed by atoms with Crippen molar-refractivity contribution >= 4 is 23.5 Å². The van der Waals surface area contributed by atoms with Crippen molar-refractivity contribution in [2.75, 3.05) is 13.7 Å². The Kier molecular flexibility index (Phi) is 10.1. The van der Waals surface area contributed by atoms with Crippen molar-refractivity contribution in [1.29, 1.82) is 0 Å². The number of ether oxygens (including phenoxy) is 2. The van der Waals surface area contributed by atoms with E-state index in [4.69, 9.17) is 21.1 Å². The number of methoxy groups -OCH3 is 1. The number of esters is 2. The van der Waals surface area contributed by atoms with Crippen molar-refractivity contribution in [3.8, 4) is 11.1 Å². The summed E-state index contributed by atoms with van der Waals surface area (Å²) in [6, 6.07) is 19.7. The van der Waals surface area contributed by atoms with Crippen LogP contribution in [0.1, 0.15) is 60.3 Å². The van der Waals surface area contributed by atoms with E-state index in [9.17, 15) is 14.7 Å². The minimum Gasteiger partial charge on any atom is -0.465 e. The molecule has 2 atom stereocenters. The fraction of sp³-hybridized carbons (Fsp3) is 0.355. The zero-order valence-corrected chi connectivity index (χ0v) is 23.3. The van der Waals surface area contributed by atoms with E-state index in [2.05, 4.69) is 29.6 Å². The number of aliphatic hydroxyl groups excluding tert-OH is 1. The van der Waals surface area contributed by atoms with Crippen LogP contribution in [0.25, 0.3) is 11.1 Å². The molecule has 3 aromatic rings. The van der Waals surface area contributed by atoms with E-state index < -0.39 is 23.7 Å². The molecule has 0 aliphatic heterocycles. The van der Waals surface area contributed by atoms with Gasteiger partial charge in [-0.2, -0.15) is 0 Å². The van der Waals surface area contributed by atoms with Crippen LogP contribution in [0.4, 0.5) is 0 Å². The van der Waals surface area contributed by atoms with Crippen LogP contribution in [0.15, 0.2) is 66.7 Å². The lowest BCUT2D eigenvalue weighted by atomic mass is 9.97. The maximum atomic E-state index is 12.9. The second-order valence-corrected chi connectivity index (χ2v) is 10.7. The number of rotatable bonds is 10. The largest absolute Gasteiger partial charge is 0.465 e. The van der Waals surface area contributed by atoms with Gasteiger partial charge in [0.2, 0.25) is 0 Å². The molecule has 3 aromatic carbocycles. The van der Waals surface area contributed by atoms with Gasteiger partial charge < -0.3 is 19.9 Å². The molecule has 0 aliphatic carbocycles. The summed E-state index contributed by atoms with van der Waals surface area (Å²) in [6.07, 6.45) is 0.451. The Balaban J connectivity index is 1.62. The molecule has 0 bridgehead atoms. The van der Waals surface area contributed by atoms with Gasteiger partial charge in [0.25, 0.3) is 0 Å². The number of carbonyl (C=O) groups is 2. The highest BCUT2D eigenvalue weighted by Crippen LogP contribution is 2.26. The van der Waals surface area contributed by atoms with Crippen LogP contribution in [0.3, 0.4) is 0 Å². The van der Waals surface area contributed by atoms with Gasteiger partial charge in [0.15, 0.2) is 0 Å². The monoisotopic (exact) mass is 537 g/mol. The molecule has 0 fully saturated rings. The number of aryl methyl sites for hydroxylation is 2. The highest BCUT2D eigenvalue weighted by Gasteiger charge is 2.31. The number of nitrogens with one attached hydrogen (secondary N) is 1. The van der Waals surface area contributed by atoms with E-state index in [1.807, 2.05) is 19.1 Å². The van der Waals surface area contributed by atoms with Gasteiger partial charge in [-0.15, -0.1) is 0 Å². The summed E-state index contributed by atoms with van der Waals surface area (Å²) in [4.78, 5) is 24.7. The van der Waals surface area contributed by atoms with Crippen LogP contribution in [-0.4, -0.2) is 42.3 Å². The Bertz CT molecular complexity index is 1250. The summed E-state index contributed by atoms with van der Waals surface area (Å²) < 4.78 is 10.4. The molecule has 0 radical (unpaired) electrons. The van der Waals surface area contributed by atoms with Crippen LogP contribution in [-0.2, 0) is 20.7 Å². The van der Waals surface area contributed by atoms with Gasteiger partial charge in [0, 0.05) is 5.02 Å². The lowest BCUT2D eigenvalue weighted by molar-refractivity contribution is -0.160. The van der Waals surface area contributed by atoms with Crippen molar-refractivity contribution in [3.63, 3.8) is 0 Å². The minimum absolute atomic E-state index is 0.349. The molecule has 0 saturated carbocycles. The predicted molar refractivity (Wildman–Crippen MR) is 150 cm³/mol. The minimum atomic E-state index is -1.10. The second kappa shape index (κ2) is 13.1. The van der Waals surface area contributed by atoms with Crippen molar-refractivity contribution in [3.05, 3.63) is 94.0 Å². The third-order valence-corrected chi connectivity index (χ3v) is 6.32. The van der Waals surface area contributed by atoms with E-state index in [1.54, 1.807) is 51.1 Å². The van der Waals surface area contributed by atoms with Gasteiger partial charge in [-0.25, -0.2) is 4.79 Å². The van der Waals surface area contributed by atoms with E-state index in [1.165, 1.54) is 7.11 Å². The van der Waals surface area contributed by atoms with Gasteiger partial charge in [-0.1, -0.05) is 54.1 Å². The SMILES string of the molecule is COC(=O)c1ccc(-c2ccc(CCCNC(C(=O)OC(C)(C)C)[C@H](O)c3cccc(Cl)c3)cc2)c(C)c1. The summed E-state index contributed by atoms with van der Waals surface area (Å²) in [5.41, 5.74) is 4.68. The molecule has 7 heteroatoms. The smallest absolute Gasteiger partial charge is 0.337 e. The fourth-order valence-electron chi connectivity index (χ4n) is 4.21. The zero-order valence-electron chi connectivity index (χ0n) is 22.6. The highest BCUT2D eigenvalue weighted by atomic mass is 35.5. The Labute approximate surface area is 229 Å². The number of hydrogen-bond acceptors (Lipinski definition) is 6. The number of halogens is 1. The van der Waals surface area contributed by atoms with Gasteiger partial charge in [0.05, 0.1) is 12.7 Å². The average molecular weight is 538 g/mol. The molecule has 0 amide bonds. The molecule has 38 heavy (non-hydrogen) atoms. The first kappa shape index (κ1) is 29.4. The number of carbonyl (C=O) groups excluding carboxylic acids is 2. The van der Waals surface area contributed by atoms with E-state index in [0.29, 0.717) is 22.7 Å². The Morgan fingerprint density at radius 3 is 2.34 bits per heavy atom. The Morgan fingerprint density at radius 2 is 1.74 bits per heavy atom. The molecule has 0 aliphatic rings. The molecular formula is C31H36ClNO5. The molecule has 1 unspecified atom stereocenters. The third-order valence-electron chi connectivity index (χ3n) is 6.09. The molecule has 0 aromatic heterocycles. The molecule has 202 valence electrons. The van der Waals surface area contributed by atoms with Crippen LogP contribution < -0.4 is 5.32 Å². The van der Waals surface area contributed by atoms with Gasteiger partial charge in [-0.05, 0) is 99.2 Å². The quantitative estimate of drug-likeness (QED) is 0.241. The van der Waals surface area contributed by atoms with Crippen molar-refractivity contribution in [1.82, 2.24) is 5.32 Å². The van der Waals surface area contributed by atoms with E-state index >= 15 is 0 Å². The zero-order chi connectivity index (χ0) is 27.9. The predicted octanol–water partition coefficient (Wildman–Crippen LogP) is 6.07. The second-order valence-electron chi connectivity index (χ2n) is 10.3. The van der Waals surface area contributed by atoms with E-state index in [-0.39, 0.29) is 5.97 Å². The molecule has 0 heterocycles. The van der Waals surface area contributed by atoms with Crippen molar-refractivity contribution < 1.29 is 24.2 Å². The third kappa shape index (κ3) is 8.15. The molecule has 0 saturated heterocycles. The lowest BCUT2D eigenvalue weighted by Crippen LogP contribution is -2.45. The van der Waals surface area contributed by atoms with Crippen LogP contribution in [0.5, 0.6) is 0 Å². The Morgan fingerprint density at radius 1 is 1.03 bits per heavy atom. The average Bonchev–Trinajstić information content (AvgIpc) is 2.87. The number of hydrogen-bond donors (Lipinski definition) is 2. The summed E-state index contributed by atoms with van der Waals surface area (Å²) in [5, 5.41) is 14.6. The first-order valence-electron chi connectivity index (χ1n) is 12.7. The van der Waals surface area contributed by atoms with Crippen molar-refractivity contribution in [2.24, 2.45) is 0 Å². The first-order valence-corrected chi connectivity index (χ1v) is 13.0. The summed E-state index contributed by atoms with van der Waals surface area (Å²) in [7, 11) is 1.37. The fourth-order valence-corrected chi connectivity index (χ4v) is 4.40. The standard InChI is InChI=1S/C31H36ClNO5/c1-20-18-24(29(35)37-5)15-16-26(20)22-13-11-21(12-14-22)8-7-17-33-27(30(36)38-31(2,3)4)28(34)23-9-6-10-25(32)19-23/h6,9-16,18-19,27-28,33-34H,7-8,17H2,1-5H3/t27?,28-/m1/s1. The van der Waals surface area contributed by atoms with Gasteiger partial charge >= 0.3 is 11.9 Å². The topological polar surface area (TPSA) is 84.9 Å². The van der Waals surface area contributed by atoms with Crippen LogP contribution >= 0.6 is 11.6 Å². The van der Waals surface area contributed by atoms with Crippen LogP contribution in [0, 0.1) is 6.92 Å². The lowest BCUT2D eigenvalue weighted by Gasteiger charge is -2.27. The number of benzene rings is 3. The van der Waals surface area contributed by atoms with Gasteiger partial charge in [-0.3, -0.25) is 4.79 Å².